The van der Waals surface area contributed by atoms with Gasteiger partial charge >= 0.3 is 5.97 Å². The lowest BCUT2D eigenvalue weighted by Gasteiger charge is -2.54. The normalized spacial score (nSPS) is 55.1. The van der Waals surface area contributed by atoms with Gasteiger partial charge < -0.3 is 10.2 Å². The van der Waals surface area contributed by atoms with E-state index in [0.29, 0.717) is 0 Å². The number of Topliss-reactive ketones (excluding diaryl/α,β-unsaturated/α-hetero) is 1. The van der Waals surface area contributed by atoms with Crippen molar-refractivity contribution < 1.29 is 19.8 Å². The first-order chi connectivity index (χ1) is 10.4. The van der Waals surface area contributed by atoms with Gasteiger partial charge in [0.25, 0.3) is 0 Å². The molecule has 0 aromatic carbocycles. The van der Waals surface area contributed by atoms with Gasteiger partial charge in [0, 0.05) is 17.8 Å². The maximum Gasteiger partial charge on any atom is 0.318 e. The van der Waals surface area contributed by atoms with Crippen LogP contribution in [0.1, 0.15) is 20.3 Å². The van der Waals surface area contributed by atoms with Gasteiger partial charge in [0.1, 0.15) is 5.41 Å². The van der Waals surface area contributed by atoms with Gasteiger partial charge in [-0.3, -0.25) is 9.59 Å². The highest BCUT2D eigenvalue weighted by molar-refractivity contribution is 6.06. The van der Waals surface area contributed by atoms with E-state index in [1.165, 1.54) is 0 Å². The van der Waals surface area contributed by atoms with Crippen molar-refractivity contribution in [2.24, 2.45) is 46.8 Å². The summed E-state index contributed by atoms with van der Waals surface area (Å²) in [4.78, 5) is 25.6. The lowest BCUT2D eigenvalue weighted by atomic mass is 9.47. The van der Waals surface area contributed by atoms with Gasteiger partial charge in [0.2, 0.25) is 0 Å². The summed E-state index contributed by atoms with van der Waals surface area (Å²) >= 11 is 0. The fourth-order valence-corrected chi connectivity index (χ4v) is 5.95. The summed E-state index contributed by atoms with van der Waals surface area (Å²) in [5, 5.41) is 21.0. The number of carbonyl (C=O) groups is 2. The maximum absolute atomic E-state index is 13.3. The standard InChI is InChI=1S/C18H22O4/c1-8-3-4-9(2)18(17(21)22)14(8)15(19)12-10-5-6-11(7-10)13(12)16(18)20/h3-6,8-15,19H,7H2,1-2H3,(H,21,22). The minimum absolute atomic E-state index is 0.0962. The van der Waals surface area contributed by atoms with Crippen molar-refractivity contribution in [2.45, 2.75) is 26.4 Å². The monoisotopic (exact) mass is 302 g/mol. The Morgan fingerprint density at radius 3 is 2.55 bits per heavy atom. The van der Waals surface area contributed by atoms with Crippen LogP contribution in [0.3, 0.4) is 0 Å². The van der Waals surface area contributed by atoms with E-state index in [9.17, 15) is 19.8 Å². The van der Waals surface area contributed by atoms with Crippen molar-refractivity contribution in [1.29, 1.82) is 0 Å². The smallest absolute Gasteiger partial charge is 0.318 e. The van der Waals surface area contributed by atoms with Crippen LogP contribution in [0.15, 0.2) is 24.3 Å². The van der Waals surface area contributed by atoms with Crippen LogP contribution in [0.25, 0.3) is 0 Å². The molecule has 2 bridgehead atoms. The molecule has 4 heteroatoms. The highest BCUT2D eigenvalue weighted by atomic mass is 16.4. The van der Waals surface area contributed by atoms with Crippen LogP contribution < -0.4 is 0 Å². The molecule has 0 aromatic rings. The number of aliphatic hydroxyl groups excluding tert-OH is 1. The first kappa shape index (κ1) is 14.2. The van der Waals surface area contributed by atoms with Crippen LogP contribution in [-0.2, 0) is 9.59 Å². The second-order valence-electron chi connectivity index (χ2n) is 7.64. The Balaban J connectivity index is 1.91. The van der Waals surface area contributed by atoms with E-state index in [1.54, 1.807) is 6.92 Å². The van der Waals surface area contributed by atoms with Crippen molar-refractivity contribution in [2.75, 3.05) is 0 Å². The zero-order valence-corrected chi connectivity index (χ0v) is 12.8. The second-order valence-corrected chi connectivity index (χ2v) is 7.64. The molecule has 22 heavy (non-hydrogen) atoms. The van der Waals surface area contributed by atoms with Gasteiger partial charge in [-0.15, -0.1) is 0 Å². The van der Waals surface area contributed by atoms with Crippen molar-refractivity contribution in [3.63, 3.8) is 0 Å². The molecule has 0 spiro atoms. The lowest BCUT2D eigenvalue weighted by Crippen LogP contribution is -2.65. The number of allylic oxidation sites excluding steroid dienone is 4. The molecule has 0 radical (unpaired) electrons. The molecule has 9 unspecified atom stereocenters. The molecule has 2 saturated carbocycles. The van der Waals surface area contributed by atoms with E-state index < -0.39 is 23.4 Å². The molecule has 0 aromatic heterocycles. The summed E-state index contributed by atoms with van der Waals surface area (Å²) in [5.74, 6) is -2.27. The molecule has 0 amide bonds. The summed E-state index contributed by atoms with van der Waals surface area (Å²) in [6.07, 6.45) is 8.15. The minimum Gasteiger partial charge on any atom is -0.480 e. The third-order valence-electron chi connectivity index (χ3n) is 6.86. The van der Waals surface area contributed by atoms with Crippen LogP contribution in [0.2, 0.25) is 0 Å². The predicted octanol–water partition coefficient (Wildman–Crippen LogP) is 1.90. The van der Waals surface area contributed by atoms with Gasteiger partial charge in [-0.1, -0.05) is 38.2 Å². The van der Waals surface area contributed by atoms with Crippen LogP contribution in [0, 0.1) is 46.8 Å². The Bertz CT molecular complexity index is 606. The van der Waals surface area contributed by atoms with Crippen molar-refractivity contribution in [3.8, 4) is 0 Å². The molecule has 2 fully saturated rings. The van der Waals surface area contributed by atoms with E-state index in [1.807, 2.05) is 19.1 Å². The quantitative estimate of drug-likeness (QED) is 0.573. The van der Waals surface area contributed by atoms with E-state index >= 15 is 0 Å². The third-order valence-corrected chi connectivity index (χ3v) is 6.86. The number of ketones is 1. The fraction of sp³-hybridized carbons (Fsp3) is 0.667. The van der Waals surface area contributed by atoms with Crippen LogP contribution in [0.5, 0.6) is 0 Å². The van der Waals surface area contributed by atoms with Crippen LogP contribution in [-0.4, -0.2) is 28.1 Å². The number of hydrogen-bond donors (Lipinski definition) is 2. The Morgan fingerprint density at radius 1 is 1.18 bits per heavy atom. The van der Waals surface area contributed by atoms with E-state index in [2.05, 4.69) is 12.2 Å². The molecule has 2 N–H and O–H groups in total. The lowest BCUT2D eigenvalue weighted by molar-refractivity contribution is -0.186. The molecule has 9 atom stereocenters. The van der Waals surface area contributed by atoms with Gasteiger partial charge in [0.05, 0.1) is 6.10 Å². The molecule has 4 aliphatic rings. The van der Waals surface area contributed by atoms with Crippen LogP contribution in [0.4, 0.5) is 0 Å². The van der Waals surface area contributed by atoms with Crippen molar-refractivity contribution in [3.05, 3.63) is 24.3 Å². The average molecular weight is 302 g/mol. The van der Waals surface area contributed by atoms with E-state index in [4.69, 9.17) is 0 Å². The minimum atomic E-state index is -1.47. The highest BCUT2D eigenvalue weighted by Crippen LogP contribution is 2.62. The largest absolute Gasteiger partial charge is 0.480 e. The summed E-state index contributed by atoms with van der Waals surface area (Å²) in [6.45, 7) is 3.72. The Kier molecular flexibility index (Phi) is 2.78. The number of aliphatic carboxylic acids is 1. The Hall–Kier alpha value is -1.42. The van der Waals surface area contributed by atoms with E-state index in [0.717, 1.165) is 6.42 Å². The molecule has 118 valence electrons. The predicted molar refractivity (Wildman–Crippen MR) is 79.8 cm³/mol. The number of aliphatic hydroxyl groups is 1. The fourth-order valence-electron chi connectivity index (χ4n) is 5.95. The molecule has 4 rings (SSSR count). The Morgan fingerprint density at radius 2 is 1.86 bits per heavy atom. The molecular formula is C18H22O4. The van der Waals surface area contributed by atoms with Crippen LogP contribution >= 0.6 is 0 Å². The summed E-state index contributed by atoms with van der Waals surface area (Å²) in [5.41, 5.74) is -1.47. The van der Waals surface area contributed by atoms with E-state index in [-0.39, 0.29) is 41.3 Å². The summed E-state index contributed by atoms with van der Waals surface area (Å²) in [7, 11) is 0. The average Bonchev–Trinajstić information content (AvgIpc) is 3.07. The molecule has 0 heterocycles. The number of hydrogen-bond acceptors (Lipinski definition) is 3. The topological polar surface area (TPSA) is 74.6 Å². The van der Waals surface area contributed by atoms with Crippen molar-refractivity contribution >= 4 is 11.8 Å². The highest BCUT2D eigenvalue weighted by Gasteiger charge is 2.70. The zero-order chi connectivity index (χ0) is 15.8. The number of fused-ring (bicyclic) bond motifs is 6. The zero-order valence-electron chi connectivity index (χ0n) is 12.8. The SMILES string of the molecule is CC1C=CC(C)C2(C(=O)O)C(=O)C3C4C=CC(C4)C3C(O)C12. The maximum atomic E-state index is 13.3. The molecule has 4 aliphatic carbocycles. The number of carboxylic acids is 1. The molecule has 4 nitrogen and oxygen atoms in total. The second kappa shape index (κ2) is 4.31. The molecular weight excluding hydrogens is 280 g/mol. The number of carboxylic acid groups (broad SMARTS) is 1. The van der Waals surface area contributed by atoms with Gasteiger partial charge in [0.15, 0.2) is 5.78 Å². The summed E-state index contributed by atoms with van der Waals surface area (Å²) < 4.78 is 0. The third kappa shape index (κ3) is 1.38. The van der Waals surface area contributed by atoms with Gasteiger partial charge in [-0.2, -0.15) is 0 Å². The van der Waals surface area contributed by atoms with Gasteiger partial charge in [-0.25, -0.2) is 0 Å². The Labute approximate surface area is 129 Å². The molecule has 0 saturated heterocycles. The first-order valence-corrected chi connectivity index (χ1v) is 8.23. The van der Waals surface area contributed by atoms with Gasteiger partial charge in [-0.05, 0) is 30.1 Å². The van der Waals surface area contributed by atoms with Crippen molar-refractivity contribution in [1.82, 2.24) is 0 Å². The number of rotatable bonds is 1. The number of carbonyl (C=O) groups excluding carboxylic acids is 1. The summed E-state index contributed by atoms with van der Waals surface area (Å²) in [6, 6.07) is 0. The first-order valence-electron chi connectivity index (χ1n) is 8.23. The molecule has 0 aliphatic heterocycles.